The third-order valence-electron chi connectivity index (χ3n) is 3.88. The Balaban J connectivity index is 1.94. The van der Waals surface area contributed by atoms with E-state index in [1.807, 2.05) is 18.2 Å². The number of amidine groups is 1. The van der Waals surface area contributed by atoms with Gasteiger partial charge in [0.25, 0.3) is 0 Å². The predicted octanol–water partition coefficient (Wildman–Crippen LogP) is 2.04. The molecule has 110 valence electrons. The molecule has 0 radical (unpaired) electrons. The second-order valence-electron chi connectivity index (χ2n) is 5.75. The molecule has 0 aromatic heterocycles. The molecular formula is C15H23N3O2. The molecule has 1 saturated carbocycles. The first kappa shape index (κ1) is 14.7. The van der Waals surface area contributed by atoms with Crippen LogP contribution in [-0.4, -0.2) is 36.6 Å². The Labute approximate surface area is 120 Å². The second kappa shape index (κ2) is 6.13. The van der Waals surface area contributed by atoms with Crippen molar-refractivity contribution >= 4 is 5.84 Å². The second-order valence-corrected chi connectivity index (χ2v) is 5.75. The van der Waals surface area contributed by atoms with Crippen molar-refractivity contribution in [2.45, 2.75) is 25.8 Å². The summed E-state index contributed by atoms with van der Waals surface area (Å²) < 4.78 is 5.38. The van der Waals surface area contributed by atoms with E-state index in [4.69, 9.17) is 15.7 Å². The van der Waals surface area contributed by atoms with Gasteiger partial charge in [-0.15, -0.1) is 0 Å². The minimum absolute atomic E-state index is 0.188. The predicted molar refractivity (Wildman–Crippen MR) is 79.0 cm³/mol. The van der Waals surface area contributed by atoms with Crippen LogP contribution in [0.25, 0.3) is 0 Å². The van der Waals surface area contributed by atoms with Crippen molar-refractivity contribution in [1.82, 2.24) is 4.90 Å². The summed E-state index contributed by atoms with van der Waals surface area (Å²) in [5.74, 6) is 1.24. The number of hydrogen-bond donors (Lipinski definition) is 2. The van der Waals surface area contributed by atoms with Gasteiger partial charge >= 0.3 is 0 Å². The Morgan fingerprint density at radius 3 is 2.75 bits per heavy atom. The molecule has 5 heteroatoms. The number of ether oxygens (including phenoxy) is 1. The smallest absolute Gasteiger partial charge is 0.139 e. The minimum atomic E-state index is 0.188. The average molecular weight is 277 g/mol. The normalized spacial score (nSPS) is 17.2. The molecule has 0 unspecified atom stereocenters. The number of methoxy groups -OCH3 is 1. The average Bonchev–Trinajstić information content (AvgIpc) is 3.18. The Morgan fingerprint density at radius 2 is 2.15 bits per heavy atom. The van der Waals surface area contributed by atoms with Crippen LogP contribution in [0.15, 0.2) is 29.4 Å². The largest absolute Gasteiger partial charge is 0.496 e. The van der Waals surface area contributed by atoms with E-state index in [1.54, 1.807) is 7.11 Å². The molecule has 0 heterocycles. The molecule has 1 aliphatic rings. The number of para-hydroxylation sites is 1. The Kier molecular flexibility index (Phi) is 4.49. The van der Waals surface area contributed by atoms with Crippen LogP contribution in [0.3, 0.4) is 0 Å². The molecule has 0 saturated heterocycles. The summed E-state index contributed by atoms with van der Waals surface area (Å²) in [6.07, 6.45) is 2.94. The fourth-order valence-electron chi connectivity index (χ4n) is 2.74. The zero-order valence-electron chi connectivity index (χ0n) is 12.2. The van der Waals surface area contributed by atoms with E-state index in [1.165, 1.54) is 5.56 Å². The zero-order valence-corrected chi connectivity index (χ0v) is 12.2. The molecule has 3 N–H and O–H groups in total. The Bertz CT molecular complexity index is 484. The number of nitrogens with two attached hydrogens (primary N) is 1. The van der Waals surface area contributed by atoms with Crippen LogP contribution in [0.2, 0.25) is 0 Å². The standard InChI is InChI=1S/C15H23N3O2/c1-18(10-12-5-3-4-6-13(12)20-2)11-15(7-8-15)9-14(16)17-19/h3-6,19H,7-11H2,1-2H3,(H2,16,17). The van der Waals surface area contributed by atoms with Gasteiger partial charge in [0.15, 0.2) is 0 Å². The van der Waals surface area contributed by atoms with Gasteiger partial charge in [-0.1, -0.05) is 23.4 Å². The highest BCUT2D eigenvalue weighted by Gasteiger charge is 2.44. The molecule has 1 fully saturated rings. The summed E-state index contributed by atoms with van der Waals surface area (Å²) in [5, 5.41) is 11.8. The zero-order chi connectivity index (χ0) is 14.6. The van der Waals surface area contributed by atoms with Crippen molar-refractivity contribution < 1.29 is 9.94 Å². The van der Waals surface area contributed by atoms with Crippen LogP contribution < -0.4 is 10.5 Å². The van der Waals surface area contributed by atoms with Crippen molar-refractivity contribution in [3.63, 3.8) is 0 Å². The maximum absolute atomic E-state index is 8.70. The van der Waals surface area contributed by atoms with Crippen LogP contribution in [0, 0.1) is 5.41 Å². The molecule has 2 rings (SSSR count). The van der Waals surface area contributed by atoms with Gasteiger partial charge in [-0.25, -0.2) is 0 Å². The van der Waals surface area contributed by atoms with Crippen LogP contribution in [0.5, 0.6) is 5.75 Å². The molecule has 5 nitrogen and oxygen atoms in total. The lowest BCUT2D eigenvalue weighted by Crippen LogP contribution is -2.30. The van der Waals surface area contributed by atoms with Gasteiger partial charge in [0.05, 0.1) is 7.11 Å². The quantitative estimate of drug-likeness (QED) is 0.346. The molecular weight excluding hydrogens is 254 g/mol. The summed E-state index contributed by atoms with van der Waals surface area (Å²) in [5.41, 5.74) is 7.00. The summed E-state index contributed by atoms with van der Waals surface area (Å²) in [4.78, 5) is 2.27. The summed E-state index contributed by atoms with van der Waals surface area (Å²) in [6.45, 7) is 1.78. The van der Waals surface area contributed by atoms with Crippen molar-refractivity contribution in [2.75, 3.05) is 20.7 Å². The molecule has 1 aromatic carbocycles. The van der Waals surface area contributed by atoms with E-state index in [-0.39, 0.29) is 5.41 Å². The van der Waals surface area contributed by atoms with E-state index in [2.05, 4.69) is 23.2 Å². The first-order valence-electron chi connectivity index (χ1n) is 6.85. The third kappa shape index (κ3) is 3.63. The number of rotatable bonds is 7. The molecule has 0 amide bonds. The van der Waals surface area contributed by atoms with Crippen LogP contribution >= 0.6 is 0 Å². The van der Waals surface area contributed by atoms with Gasteiger partial charge in [0.2, 0.25) is 0 Å². The minimum Gasteiger partial charge on any atom is -0.496 e. The van der Waals surface area contributed by atoms with Crippen LogP contribution in [-0.2, 0) is 6.54 Å². The Hall–Kier alpha value is -1.75. The highest BCUT2D eigenvalue weighted by atomic mass is 16.5. The molecule has 1 aromatic rings. The molecule has 1 aliphatic carbocycles. The first-order valence-corrected chi connectivity index (χ1v) is 6.85. The van der Waals surface area contributed by atoms with Crippen molar-refractivity contribution in [3.05, 3.63) is 29.8 Å². The van der Waals surface area contributed by atoms with Gasteiger partial charge in [0, 0.05) is 25.1 Å². The number of nitrogens with zero attached hydrogens (tertiary/aromatic N) is 2. The highest BCUT2D eigenvalue weighted by Crippen LogP contribution is 2.49. The van der Waals surface area contributed by atoms with Gasteiger partial charge in [-0.2, -0.15) is 0 Å². The van der Waals surface area contributed by atoms with Gasteiger partial charge in [-0.05, 0) is 31.4 Å². The van der Waals surface area contributed by atoms with Crippen molar-refractivity contribution in [2.24, 2.45) is 16.3 Å². The molecule has 0 bridgehead atoms. The highest BCUT2D eigenvalue weighted by molar-refractivity contribution is 5.80. The maximum Gasteiger partial charge on any atom is 0.139 e. The maximum atomic E-state index is 8.70. The molecule has 0 atom stereocenters. The molecule has 0 aliphatic heterocycles. The SMILES string of the molecule is COc1ccccc1CN(C)CC1(CC(N)=NO)CC1. The summed E-state index contributed by atoms with van der Waals surface area (Å²) in [7, 11) is 3.79. The van der Waals surface area contributed by atoms with Crippen LogP contribution in [0.1, 0.15) is 24.8 Å². The fraction of sp³-hybridized carbons (Fsp3) is 0.533. The topological polar surface area (TPSA) is 71.1 Å². The lowest BCUT2D eigenvalue weighted by molar-refractivity contribution is 0.253. The van der Waals surface area contributed by atoms with Crippen molar-refractivity contribution in [3.8, 4) is 5.75 Å². The van der Waals surface area contributed by atoms with Crippen molar-refractivity contribution in [1.29, 1.82) is 0 Å². The van der Waals surface area contributed by atoms with Gasteiger partial charge < -0.3 is 20.6 Å². The van der Waals surface area contributed by atoms with Crippen LogP contribution in [0.4, 0.5) is 0 Å². The fourth-order valence-corrected chi connectivity index (χ4v) is 2.74. The first-order chi connectivity index (χ1) is 9.58. The van der Waals surface area contributed by atoms with E-state index in [9.17, 15) is 0 Å². The van der Waals surface area contributed by atoms with E-state index < -0.39 is 0 Å². The van der Waals surface area contributed by atoms with E-state index in [0.717, 1.165) is 31.7 Å². The Morgan fingerprint density at radius 1 is 1.45 bits per heavy atom. The van der Waals surface area contributed by atoms with E-state index in [0.29, 0.717) is 12.3 Å². The monoisotopic (exact) mass is 277 g/mol. The third-order valence-corrected chi connectivity index (χ3v) is 3.88. The van der Waals surface area contributed by atoms with E-state index >= 15 is 0 Å². The number of oxime groups is 1. The van der Waals surface area contributed by atoms with Gasteiger partial charge in [-0.3, -0.25) is 0 Å². The molecule has 0 spiro atoms. The number of hydrogen-bond acceptors (Lipinski definition) is 4. The summed E-state index contributed by atoms with van der Waals surface area (Å²) >= 11 is 0. The summed E-state index contributed by atoms with van der Waals surface area (Å²) in [6, 6.07) is 8.06. The molecule has 20 heavy (non-hydrogen) atoms. The lowest BCUT2D eigenvalue weighted by Gasteiger charge is -2.24. The lowest BCUT2D eigenvalue weighted by atomic mass is 10.0. The van der Waals surface area contributed by atoms with Gasteiger partial charge in [0.1, 0.15) is 11.6 Å². The number of benzene rings is 1.